The first-order chi connectivity index (χ1) is 14.1. The largest absolute Gasteiger partial charge is 0.374 e. The maximum atomic E-state index is 13.2. The van der Waals surface area contributed by atoms with E-state index in [1.165, 1.54) is 0 Å². The highest BCUT2D eigenvalue weighted by atomic mass is 127. The minimum atomic E-state index is -1.29. The van der Waals surface area contributed by atoms with Gasteiger partial charge < -0.3 is 15.4 Å². The molecule has 30 heavy (non-hydrogen) atoms. The van der Waals surface area contributed by atoms with Crippen molar-refractivity contribution in [2.24, 2.45) is 11.7 Å². The molecule has 0 aliphatic carbocycles. The Morgan fingerprint density at radius 1 is 1.23 bits per heavy atom. The van der Waals surface area contributed by atoms with Crippen LogP contribution in [0.15, 0.2) is 42.5 Å². The SMILES string of the molecule is CCC(O)(I)c1c(C(=O)C(C)C)c2ccc(C(N)=O)cc2n1Cc1ccccc1Cl. The zero-order valence-corrected chi connectivity index (χ0v) is 20.0. The number of benzene rings is 2. The van der Waals surface area contributed by atoms with Crippen LogP contribution in [-0.4, -0.2) is 21.4 Å². The highest BCUT2D eigenvalue weighted by molar-refractivity contribution is 14.1. The molecule has 5 nitrogen and oxygen atoms in total. The number of rotatable bonds is 7. The summed E-state index contributed by atoms with van der Waals surface area (Å²) in [4.78, 5) is 25.1. The van der Waals surface area contributed by atoms with Crippen molar-refractivity contribution in [3.63, 3.8) is 0 Å². The molecule has 3 rings (SSSR count). The second-order valence-corrected chi connectivity index (χ2v) is 9.82. The van der Waals surface area contributed by atoms with Gasteiger partial charge in [0, 0.05) is 28.4 Å². The number of hydrogen-bond donors (Lipinski definition) is 2. The number of aliphatic hydroxyl groups is 1. The number of fused-ring (bicyclic) bond motifs is 1. The predicted octanol–water partition coefficient (Wildman–Crippen LogP) is 5.27. The first-order valence-corrected chi connectivity index (χ1v) is 11.2. The lowest BCUT2D eigenvalue weighted by Gasteiger charge is -2.25. The van der Waals surface area contributed by atoms with Gasteiger partial charge in [-0.2, -0.15) is 0 Å². The Hall–Kier alpha value is -1.90. The lowest BCUT2D eigenvalue weighted by molar-refractivity contribution is 0.0926. The Balaban J connectivity index is 2.44. The van der Waals surface area contributed by atoms with Gasteiger partial charge in [-0.3, -0.25) is 9.59 Å². The molecular weight excluding hydrogens is 515 g/mol. The minimum absolute atomic E-state index is 0.0664. The highest BCUT2D eigenvalue weighted by Gasteiger charge is 2.36. The molecule has 0 saturated carbocycles. The maximum absolute atomic E-state index is 13.2. The molecule has 158 valence electrons. The number of halogens is 2. The van der Waals surface area contributed by atoms with Crippen LogP contribution in [0.1, 0.15) is 59.2 Å². The van der Waals surface area contributed by atoms with Gasteiger partial charge in [0.05, 0.1) is 16.8 Å². The molecule has 3 N–H and O–H groups in total. The summed E-state index contributed by atoms with van der Waals surface area (Å²) < 4.78 is 0.597. The molecule has 0 saturated heterocycles. The topological polar surface area (TPSA) is 85.3 Å². The third-order valence-electron chi connectivity index (χ3n) is 5.24. The molecule has 0 spiro atoms. The molecule has 1 unspecified atom stereocenters. The smallest absolute Gasteiger partial charge is 0.248 e. The molecule has 1 atom stereocenters. The van der Waals surface area contributed by atoms with E-state index in [9.17, 15) is 14.7 Å². The van der Waals surface area contributed by atoms with Gasteiger partial charge in [-0.25, -0.2) is 0 Å². The fourth-order valence-electron chi connectivity index (χ4n) is 3.57. The number of amides is 1. The minimum Gasteiger partial charge on any atom is -0.374 e. The van der Waals surface area contributed by atoms with Gasteiger partial charge in [0.15, 0.2) is 9.39 Å². The summed E-state index contributed by atoms with van der Waals surface area (Å²) in [6.45, 7) is 5.87. The number of aromatic nitrogens is 1. The first-order valence-electron chi connectivity index (χ1n) is 9.73. The van der Waals surface area contributed by atoms with Crippen molar-refractivity contribution in [2.75, 3.05) is 0 Å². The maximum Gasteiger partial charge on any atom is 0.248 e. The van der Waals surface area contributed by atoms with Crippen molar-refractivity contribution in [3.8, 4) is 0 Å². The third kappa shape index (κ3) is 4.13. The average molecular weight is 539 g/mol. The van der Waals surface area contributed by atoms with Gasteiger partial charge in [0.1, 0.15) is 0 Å². The fraction of sp³-hybridized carbons (Fsp3) is 0.304. The summed E-state index contributed by atoms with van der Waals surface area (Å²) in [6, 6.07) is 12.5. The number of nitrogens with two attached hydrogens (primary N) is 1. The Morgan fingerprint density at radius 2 is 1.90 bits per heavy atom. The Bertz CT molecular complexity index is 1130. The van der Waals surface area contributed by atoms with Crippen LogP contribution in [0.3, 0.4) is 0 Å². The fourth-order valence-corrected chi connectivity index (χ4v) is 4.32. The number of hydrogen-bond acceptors (Lipinski definition) is 3. The predicted molar refractivity (Wildman–Crippen MR) is 128 cm³/mol. The van der Waals surface area contributed by atoms with Crippen molar-refractivity contribution in [3.05, 3.63) is 69.9 Å². The summed E-state index contributed by atoms with van der Waals surface area (Å²) in [5.74, 6) is -0.882. The van der Waals surface area contributed by atoms with E-state index in [1.807, 2.05) is 66.1 Å². The Kier molecular flexibility index (Phi) is 6.60. The van der Waals surface area contributed by atoms with E-state index in [1.54, 1.807) is 24.3 Å². The summed E-state index contributed by atoms with van der Waals surface area (Å²) in [7, 11) is 0. The monoisotopic (exact) mass is 538 g/mol. The van der Waals surface area contributed by atoms with Gasteiger partial charge in [-0.1, -0.05) is 56.6 Å². The number of ketones is 1. The molecular formula is C23H24ClIN2O3. The van der Waals surface area contributed by atoms with Crippen molar-refractivity contribution in [1.29, 1.82) is 0 Å². The van der Waals surface area contributed by atoms with E-state index in [0.29, 0.717) is 45.7 Å². The summed E-state index contributed by atoms with van der Waals surface area (Å²) in [5.41, 5.74) is 8.34. The van der Waals surface area contributed by atoms with Crippen molar-refractivity contribution in [1.82, 2.24) is 4.57 Å². The molecule has 0 fully saturated rings. The number of carbonyl (C=O) groups is 2. The van der Waals surface area contributed by atoms with Crippen LogP contribution >= 0.6 is 34.2 Å². The number of nitrogens with zero attached hydrogens (tertiary/aromatic N) is 1. The van der Waals surface area contributed by atoms with E-state index in [-0.39, 0.29) is 11.7 Å². The number of carbonyl (C=O) groups excluding carboxylic acids is 2. The summed E-state index contributed by atoms with van der Waals surface area (Å²) in [6.07, 6.45) is 0.396. The van der Waals surface area contributed by atoms with E-state index < -0.39 is 9.51 Å². The van der Waals surface area contributed by atoms with E-state index in [0.717, 1.165) is 5.56 Å². The molecule has 0 radical (unpaired) electrons. The van der Waals surface area contributed by atoms with Crippen molar-refractivity contribution < 1.29 is 14.7 Å². The lowest BCUT2D eigenvalue weighted by Crippen LogP contribution is -2.25. The molecule has 0 bridgehead atoms. The standard InChI is InChI=1S/C23H24ClIN2O3/c1-4-23(25,30)21-19(20(28)13(2)3)16-10-9-14(22(26)29)11-18(16)27(21)12-15-7-5-6-8-17(15)24/h5-11,13,30H,4,12H2,1-3H3,(H2,26,29). The van der Waals surface area contributed by atoms with Crippen LogP contribution in [0.5, 0.6) is 0 Å². The highest BCUT2D eigenvalue weighted by Crippen LogP contribution is 2.41. The molecule has 1 amide bonds. The van der Waals surface area contributed by atoms with Gasteiger partial charge in [0.25, 0.3) is 0 Å². The molecule has 0 aliphatic heterocycles. The number of Topliss-reactive ketones (excluding diaryl/α,β-unsaturated/α-hetero) is 1. The zero-order chi connectivity index (χ0) is 22.2. The second-order valence-electron chi connectivity index (χ2n) is 7.63. The first kappa shape index (κ1) is 22.8. The van der Waals surface area contributed by atoms with Crippen LogP contribution < -0.4 is 5.73 Å². The molecule has 1 heterocycles. The van der Waals surface area contributed by atoms with Gasteiger partial charge >= 0.3 is 0 Å². The van der Waals surface area contributed by atoms with Gasteiger partial charge in [-0.05, 0) is 52.8 Å². The molecule has 7 heteroatoms. The zero-order valence-electron chi connectivity index (χ0n) is 17.1. The Morgan fingerprint density at radius 3 is 2.47 bits per heavy atom. The molecule has 2 aromatic carbocycles. The summed E-state index contributed by atoms with van der Waals surface area (Å²) in [5, 5.41) is 12.6. The lowest BCUT2D eigenvalue weighted by atomic mass is 9.95. The van der Waals surface area contributed by atoms with Crippen molar-refractivity contribution >= 4 is 56.8 Å². The quantitative estimate of drug-likeness (QED) is 0.244. The van der Waals surface area contributed by atoms with Crippen molar-refractivity contribution in [2.45, 2.75) is 37.3 Å². The van der Waals surface area contributed by atoms with E-state index >= 15 is 0 Å². The van der Waals surface area contributed by atoms with Crippen LogP contribution in [0.2, 0.25) is 5.02 Å². The normalized spacial score (nSPS) is 13.6. The van der Waals surface area contributed by atoms with Crippen LogP contribution in [0, 0.1) is 5.92 Å². The van der Waals surface area contributed by atoms with E-state index in [4.69, 9.17) is 17.3 Å². The van der Waals surface area contributed by atoms with Gasteiger partial charge in [-0.15, -0.1) is 0 Å². The number of primary amides is 1. The number of alkyl halides is 1. The average Bonchev–Trinajstić information content (AvgIpc) is 3.03. The van der Waals surface area contributed by atoms with E-state index in [2.05, 4.69) is 0 Å². The molecule has 0 aliphatic rings. The second kappa shape index (κ2) is 8.69. The van der Waals surface area contributed by atoms with Crippen LogP contribution in [-0.2, 0) is 10.2 Å². The van der Waals surface area contributed by atoms with Crippen LogP contribution in [0.4, 0.5) is 0 Å². The molecule has 3 aromatic rings. The van der Waals surface area contributed by atoms with Gasteiger partial charge in [0.2, 0.25) is 5.91 Å². The summed E-state index contributed by atoms with van der Waals surface area (Å²) >= 11 is 8.39. The Labute approximate surface area is 194 Å². The molecule has 1 aromatic heterocycles. The third-order valence-corrected chi connectivity index (χ3v) is 6.88. The van der Waals surface area contributed by atoms with Crippen LogP contribution in [0.25, 0.3) is 10.9 Å².